The Hall–Kier alpha value is -4.40. The lowest BCUT2D eigenvalue weighted by Gasteiger charge is -2.10. The first-order chi connectivity index (χ1) is 15.1. The monoisotopic (exact) mass is 416 g/mol. The van der Waals surface area contributed by atoms with Gasteiger partial charge in [0.15, 0.2) is 0 Å². The summed E-state index contributed by atoms with van der Waals surface area (Å²) in [6.07, 6.45) is 4.95. The lowest BCUT2D eigenvalue weighted by atomic mass is 10.3. The minimum absolute atomic E-state index is 0.363. The molecule has 2 aromatic carbocycles. The first kappa shape index (κ1) is 19.9. The molecule has 0 fully saturated rings. The Balaban J connectivity index is 1.38. The molecule has 0 unspecified atom stereocenters. The van der Waals surface area contributed by atoms with Gasteiger partial charge in [-0.1, -0.05) is 6.07 Å². The molecule has 4 aromatic rings. The number of hydrogen-bond acceptors (Lipinski definition) is 6. The fraction of sp³-hybridized carbons (Fsp3) is 0.0909. The molecule has 0 aliphatic carbocycles. The Labute approximate surface area is 178 Å². The maximum absolute atomic E-state index is 12.2. The van der Waals surface area contributed by atoms with Crippen molar-refractivity contribution in [2.45, 2.75) is 6.92 Å². The summed E-state index contributed by atoms with van der Waals surface area (Å²) in [6.45, 7) is 1.89. The number of benzene rings is 2. The summed E-state index contributed by atoms with van der Waals surface area (Å²) in [7, 11) is 1.57. The van der Waals surface area contributed by atoms with Crippen LogP contribution in [0.4, 0.5) is 16.2 Å². The van der Waals surface area contributed by atoms with Gasteiger partial charge in [-0.15, -0.1) is 0 Å². The van der Waals surface area contributed by atoms with Gasteiger partial charge < -0.3 is 20.1 Å². The normalized spacial score (nSPS) is 10.4. The third kappa shape index (κ3) is 4.96. The van der Waals surface area contributed by atoms with E-state index in [1.54, 1.807) is 67.9 Å². The molecule has 2 heterocycles. The van der Waals surface area contributed by atoms with Crippen LogP contribution < -0.4 is 20.1 Å². The van der Waals surface area contributed by atoms with E-state index in [1.807, 2.05) is 17.7 Å². The van der Waals surface area contributed by atoms with Gasteiger partial charge in [-0.3, -0.25) is 4.57 Å². The molecule has 2 N–H and O–H groups in total. The van der Waals surface area contributed by atoms with Crippen LogP contribution in [0.1, 0.15) is 5.82 Å². The van der Waals surface area contributed by atoms with E-state index in [2.05, 4.69) is 25.6 Å². The van der Waals surface area contributed by atoms with Crippen LogP contribution in [0, 0.1) is 6.92 Å². The van der Waals surface area contributed by atoms with Gasteiger partial charge in [-0.05, 0) is 43.3 Å². The van der Waals surface area contributed by atoms with E-state index in [9.17, 15) is 4.79 Å². The number of carbonyl (C=O) groups excluding carboxylic acids is 1. The van der Waals surface area contributed by atoms with E-state index >= 15 is 0 Å². The molecule has 0 spiro atoms. The second kappa shape index (κ2) is 8.95. The highest BCUT2D eigenvalue weighted by Gasteiger charge is 2.07. The number of aryl methyl sites for hydroxylation is 1. The van der Waals surface area contributed by atoms with Crippen molar-refractivity contribution in [3.05, 3.63) is 79.1 Å². The van der Waals surface area contributed by atoms with Crippen LogP contribution in [0.3, 0.4) is 0 Å². The second-order valence-corrected chi connectivity index (χ2v) is 6.50. The van der Waals surface area contributed by atoms with Crippen LogP contribution in [-0.2, 0) is 0 Å². The second-order valence-electron chi connectivity index (χ2n) is 6.50. The molecule has 0 bridgehead atoms. The third-order valence-electron chi connectivity index (χ3n) is 4.36. The number of carbonyl (C=O) groups is 1. The molecule has 4 rings (SSSR count). The predicted molar refractivity (Wildman–Crippen MR) is 116 cm³/mol. The van der Waals surface area contributed by atoms with Crippen LogP contribution in [0.5, 0.6) is 17.4 Å². The molecular formula is C22H20N6O3. The highest BCUT2D eigenvalue weighted by atomic mass is 16.5. The van der Waals surface area contributed by atoms with Crippen LogP contribution in [0.15, 0.2) is 73.3 Å². The Kier molecular flexibility index (Phi) is 5.75. The molecule has 9 nitrogen and oxygen atoms in total. The lowest BCUT2D eigenvalue weighted by Crippen LogP contribution is -2.19. The lowest BCUT2D eigenvalue weighted by molar-refractivity contribution is 0.262. The molecule has 0 saturated carbocycles. The van der Waals surface area contributed by atoms with Gasteiger partial charge in [0.05, 0.1) is 7.11 Å². The number of imidazole rings is 1. The van der Waals surface area contributed by atoms with Gasteiger partial charge in [0.1, 0.15) is 29.5 Å². The number of ether oxygens (including phenoxy) is 2. The molecule has 2 amide bonds. The van der Waals surface area contributed by atoms with Gasteiger partial charge >= 0.3 is 6.03 Å². The molecule has 156 valence electrons. The van der Waals surface area contributed by atoms with Crippen LogP contribution >= 0.6 is 0 Å². The molecule has 0 aliphatic rings. The van der Waals surface area contributed by atoms with Crippen molar-refractivity contribution in [2.24, 2.45) is 0 Å². The number of nitrogens with zero attached hydrogens (tertiary/aromatic N) is 4. The zero-order valence-corrected chi connectivity index (χ0v) is 16.9. The van der Waals surface area contributed by atoms with Gasteiger partial charge in [0.2, 0.25) is 5.88 Å². The van der Waals surface area contributed by atoms with E-state index in [1.165, 1.54) is 6.33 Å². The zero-order chi connectivity index (χ0) is 21.6. The van der Waals surface area contributed by atoms with Crippen molar-refractivity contribution in [3.63, 3.8) is 0 Å². The predicted octanol–water partition coefficient (Wildman–Crippen LogP) is 4.42. The summed E-state index contributed by atoms with van der Waals surface area (Å²) in [6, 6.07) is 15.4. The standard InChI is InChI=1S/C22H20N6O3/c1-15-23-10-11-28(15)20-13-21(25-14-24-20)31-18-8-6-16(7-9-18)26-22(29)27-17-4-3-5-19(12-17)30-2/h3-14H,1-2H3,(H2,26,27,29). The zero-order valence-electron chi connectivity index (χ0n) is 16.9. The number of rotatable bonds is 6. The largest absolute Gasteiger partial charge is 0.497 e. The molecule has 0 aliphatic heterocycles. The third-order valence-corrected chi connectivity index (χ3v) is 4.36. The number of anilines is 2. The SMILES string of the molecule is COc1cccc(NC(=O)Nc2ccc(Oc3cc(-n4ccnc4C)ncn3)cc2)c1. The fourth-order valence-corrected chi connectivity index (χ4v) is 2.86. The first-order valence-corrected chi connectivity index (χ1v) is 9.43. The maximum atomic E-state index is 12.2. The van der Waals surface area contributed by atoms with E-state index in [0.29, 0.717) is 34.6 Å². The highest BCUT2D eigenvalue weighted by molar-refractivity contribution is 5.99. The van der Waals surface area contributed by atoms with Crippen molar-refractivity contribution in [2.75, 3.05) is 17.7 Å². The Bertz CT molecular complexity index is 1190. The summed E-state index contributed by atoms with van der Waals surface area (Å²) < 4.78 is 12.8. The molecule has 2 aromatic heterocycles. The average Bonchev–Trinajstić information content (AvgIpc) is 3.21. The number of aromatic nitrogens is 4. The molecule has 31 heavy (non-hydrogen) atoms. The summed E-state index contributed by atoms with van der Waals surface area (Å²) in [5, 5.41) is 5.53. The number of urea groups is 1. The van der Waals surface area contributed by atoms with Crippen molar-refractivity contribution in [1.82, 2.24) is 19.5 Å². The first-order valence-electron chi connectivity index (χ1n) is 9.43. The van der Waals surface area contributed by atoms with Crippen molar-refractivity contribution in [1.29, 1.82) is 0 Å². The Morgan fingerprint density at radius 1 is 0.935 bits per heavy atom. The smallest absolute Gasteiger partial charge is 0.323 e. The van der Waals surface area contributed by atoms with Crippen molar-refractivity contribution in [3.8, 4) is 23.2 Å². The van der Waals surface area contributed by atoms with Gasteiger partial charge in [-0.25, -0.2) is 19.7 Å². The number of amides is 2. The summed E-state index contributed by atoms with van der Waals surface area (Å²) in [4.78, 5) is 24.8. The Morgan fingerprint density at radius 2 is 1.74 bits per heavy atom. The van der Waals surface area contributed by atoms with Gasteiger partial charge in [0.25, 0.3) is 0 Å². The van der Waals surface area contributed by atoms with Crippen molar-refractivity contribution < 1.29 is 14.3 Å². The summed E-state index contributed by atoms with van der Waals surface area (Å²) in [5.74, 6) is 3.11. The van der Waals surface area contributed by atoms with Crippen LogP contribution in [0.25, 0.3) is 5.82 Å². The van der Waals surface area contributed by atoms with Crippen LogP contribution in [0.2, 0.25) is 0 Å². The molecule has 9 heteroatoms. The van der Waals surface area contributed by atoms with Gasteiger partial charge in [-0.2, -0.15) is 0 Å². The Morgan fingerprint density at radius 3 is 2.48 bits per heavy atom. The number of nitrogens with one attached hydrogen (secondary N) is 2. The molecule has 0 atom stereocenters. The molecule has 0 saturated heterocycles. The average molecular weight is 416 g/mol. The summed E-state index contributed by atoms with van der Waals surface area (Å²) >= 11 is 0. The van der Waals surface area contributed by atoms with E-state index in [0.717, 1.165) is 5.82 Å². The summed E-state index contributed by atoms with van der Waals surface area (Å²) in [5.41, 5.74) is 1.25. The van der Waals surface area contributed by atoms with Crippen LogP contribution in [-0.4, -0.2) is 32.7 Å². The van der Waals surface area contributed by atoms with E-state index < -0.39 is 0 Å². The fourth-order valence-electron chi connectivity index (χ4n) is 2.86. The number of hydrogen-bond donors (Lipinski definition) is 2. The van der Waals surface area contributed by atoms with Gasteiger partial charge in [0, 0.05) is 35.9 Å². The quantitative estimate of drug-likeness (QED) is 0.482. The number of methoxy groups -OCH3 is 1. The topological polar surface area (TPSA) is 103 Å². The molecule has 0 radical (unpaired) electrons. The van der Waals surface area contributed by atoms with E-state index in [-0.39, 0.29) is 6.03 Å². The minimum Gasteiger partial charge on any atom is -0.497 e. The highest BCUT2D eigenvalue weighted by Crippen LogP contribution is 2.23. The van der Waals surface area contributed by atoms with E-state index in [4.69, 9.17) is 9.47 Å². The maximum Gasteiger partial charge on any atom is 0.323 e. The molecular weight excluding hydrogens is 396 g/mol. The minimum atomic E-state index is -0.363. The van der Waals surface area contributed by atoms with Crippen molar-refractivity contribution >= 4 is 17.4 Å².